The second-order valence-corrected chi connectivity index (χ2v) is 6.84. The number of ether oxygens (including phenoxy) is 4. The molecule has 0 unspecified atom stereocenters. The van der Waals surface area contributed by atoms with Gasteiger partial charge in [-0.05, 0) is 47.5 Å². The van der Waals surface area contributed by atoms with Crippen LogP contribution in [0.3, 0.4) is 0 Å². The molecule has 6 heteroatoms. The molecule has 0 fully saturated rings. The molecule has 0 N–H and O–H groups in total. The molecule has 0 saturated heterocycles. The van der Waals surface area contributed by atoms with Gasteiger partial charge < -0.3 is 18.9 Å². The van der Waals surface area contributed by atoms with E-state index >= 15 is 0 Å². The van der Waals surface area contributed by atoms with Crippen LogP contribution in [0.4, 0.5) is 0 Å². The molecular weight excluding hydrogens is 420 g/mol. The van der Waals surface area contributed by atoms with Crippen molar-refractivity contribution in [3.63, 3.8) is 0 Å². The second kappa shape index (κ2) is 11.3. The lowest BCUT2D eigenvalue weighted by Crippen LogP contribution is -2.05. The minimum absolute atomic E-state index is 0.227. The Kier molecular flexibility index (Phi) is 8.02. The summed E-state index contributed by atoms with van der Waals surface area (Å²) in [5, 5.41) is 0. The maximum absolute atomic E-state index is 12.6. The number of rotatable bonds is 9. The molecule has 168 valence electrons. The number of methoxy groups -OCH3 is 3. The van der Waals surface area contributed by atoms with E-state index in [2.05, 4.69) is 0 Å². The van der Waals surface area contributed by atoms with Crippen LogP contribution in [-0.2, 0) is 4.79 Å². The molecule has 0 bridgehead atoms. The van der Waals surface area contributed by atoms with Crippen LogP contribution >= 0.6 is 0 Å². The molecule has 33 heavy (non-hydrogen) atoms. The highest BCUT2D eigenvalue weighted by atomic mass is 16.6. The first kappa shape index (κ1) is 23.3. The SMILES string of the molecule is COc1ccc(C(=O)C=Cc2ccc(OC(=O)C=Cc3ccccc3)c(OC)c2)c(OC)c1. The number of ketones is 1. The number of benzene rings is 3. The average molecular weight is 444 g/mol. The monoisotopic (exact) mass is 444 g/mol. The number of carbonyl (C=O) groups is 2. The minimum Gasteiger partial charge on any atom is -0.497 e. The molecular formula is C27H24O6. The Labute approximate surface area is 192 Å². The molecule has 0 aliphatic rings. The van der Waals surface area contributed by atoms with Crippen LogP contribution in [-0.4, -0.2) is 33.1 Å². The van der Waals surface area contributed by atoms with Gasteiger partial charge >= 0.3 is 5.97 Å². The molecule has 0 atom stereocenters. The number of hydrogen-bond donors (Lipinski definition) is 0. The molecule has 0 spiro atoms. The quantitative estimate of drug-likeness (QED) is 0.195. The van der Waals surface area contributed by atoms with Crippen molar-refractivity contribution < 1.29 is 28.5 Å². The van der Waals surface area contributed by atoms with Gasteiger partial charge in [-0.3, -0.25) is 4.79 Å². The van der Waals surface area contributed by atoms with Gasteiger partial charge in [0, 0.05) is 12.1 Å². The molecule has 0 amide bonds. The molecule has 0 aliphatic carbocycles. The second-order valence-electron chi connectivity index (χ2n) is 6.84. The standard InChI is InChI=1S/C27H24O6/c1-30-21-12-13-22(25(18-21)31-2)23(28)14-9-20-10-15-24(26(17-20)32-3)33-27(29)16-11-19-7-5-4-6-8-19/h4-18H,1-3H3. The van der Waals surface area contributed by atoms with E-state index < -0.39 is 5.97 Å². The predicted octanol–water partition coefficient (Wildman–Crippen LogP) is 5.23. The van der Waals surface area contributed by atoms with Crippen LogP contribution in [0.15, 0.2) is 78.9 Å². The summed E-state index contributed by atoms with van der Waals surface area (Å²) in [6.45, 7) is 0. The summed E-state index contributed by atoms with van der Waals surface area (Å²) in [4.78, 5) is 24.8. The number of hydrogen-bond acceptors (Lipinski definition) is 6. The first-order chi connectivity index (χ1) is 16.0. The third-order valence-corrected chi connectivity index (χ3v) is 4.71. The van der Waals surface area contributed by atoms with Crippen molar-refractivity contribution in [3.8, 4) is 23.0 Å². The van der Waals surface area contributed by atoms with Crippen molar-refractivity contribution in [3.05, 3.63) is 95.6 Å². The average Bonchev–Trinajstić information content (AvgIpc) is 2.86. The van der Waals surface area contributed by atoms with E-state index in [1.807, 2.05) is 30.3 Å². The van der Waals surface area contributed by atoms with E-state index in [4.69, 9.17) is 18.9 Å². The van der Waals surface area contributed by atoms with Crippen LogP contribution in [0, 0.1) is 0 Å². The van der Waals surface area contributed by atoms with Gasteiger partial charge in [0.05, 0.1) is 26.9 Å². The Morgan fingerprint density at radius 1 is 0.667 bits per heavy atom. The zero-order chi connectivity index (χ0) is 23.6. The fourth-order valence-corrected chi connectivity index (χ4v) is 3.01. The predicted molar refractivity (Wildman–Crippen MR) is 127 cm³/mol. The molecule has 0 radical (unpaired) electrons. The molecule has 0 saturated carbocycles. The normalized spacial score (nSPS) is 10.9. The Bertz CT molecular complexity index is 1180. The topological polar surface area (TPSA) is 71.1 Å². The van der Waals surface area contributed by atoms with Crippen LogP contribution in [0.2, 0.25) is 0 Å². The van der Waals surface area contributed by atoms with Gasteiger partial charge in [-0.1, -0.05) is 42.5 Å². The van der Waals surface area contributed by atoms with Gasteiger partial charge in [0.15, 0.2) is 17.3 Å². The molecule has 0 heterocycles. The van der Waals surface area contributed by atoms with E-state index in [1.54, 1.807) is 55.7 Å². The van der Waals surface area contributed by atoms with E-state index in [9.17, 15) is 9.59 Å². The van der Waals surface area contributed by atoms with Gasteiger partial charge in [0.25, 0.3) is 0 Å². The van der Waals surface area contributed by atoms with Crippen LogP contribution in [0.5, 0.6) is 23.0 Å². The van der Waals surface area contributed by atoms with Crippen molar-refractivity contribution in [2.24, 2.45) is 0 Å². The van der Waals surface area contributed by atoms with Gasteiger partial charge in [-0.15, -0.1) is 0 Å². The van der Waals surface area contributed by atoms with Crippen LogP contribution in [0.1, 0.15) is 21.5 Å². The smallest absolute Gasteiger partial charge is 0.336 e. The molecule has 6 nitrogen and oxygen atoms in total. The fourth-order valence-electron chi connectivity index (χ4n) is 3.01. The summed E-state index contributed by atoms with van der Waals surface area (Å²) in [5.74, 6) is 0.916. The Balaban J connectivity index is 1.71. The third-order valence-electron chi connectivity index (χ3n) is 4.71. The zero-order valence-corrected chi connectivity index (χ0v) is 18.6. The minimum atomic E-state index is -0.526. The highest BCUT2D eigenvalue weighted by Crippen LogP contribution is 2.29. The Hall–Kier alpha value is -4.32. The first-order valence-electron chi connectivity index (χ1n) is 10.1. The summed E-state index contributed by atoms with van der Waals surface area (Å²) in [6, 6.07) is 19.5. The van der Waals surface area contributed by atoms with Gasteiger partial charge in [0.1, 0.15) is 11.5 Å². The lowest BCUT2D eigenvalue weighted by atomic mass is 10.1. The van der Waals surface area contributed by atoms with Gasteiger partial charge in [-0.25, -0.2) is 4.79 Å². The fraction of sp³-hybridized carbons (Fsp3) is 0.111. The molecule has 3 aromatic rings. The molecule has 0 aliphatic heterocycles. The number of allylic oxidation sites excluding steroid dienone is 1. The molecule has 3 aromatic carbocycles. The van der Waals surface area contributed by atoms with Crippen molar-refractivity contribution in [2.45, 2.75) is 0 Å². The van der Waals surface area contributed by atoms with Gasteiger partial charge in [-0.2, -0.15) is 0 Å². The van der Waals surface area contributed by atoms with Gasteiger partial charge in [0.2, 0.25) is 0 Å². The maximum atomic E-state index is 12.6. The molecule has 3 rings (SSSR count). The summed E-state index contributed by atoms with van der Waals surface area (Å²) in [7, 11) is 4.52. The summed E-state index contributed by atoms with van der Waals surface area (Å²) in [6.07, 6.45) is 6.11. The zero-order valence-electron chi connectivity index (χ0n) is 18.6. The highest BCUT2D eigenvalue weighted by Gasteiger charge is 2.12. The largest absolute Gasteiger partial charge is 0.497 e. The van der Waals surface area contributed by atoms with E-state index in [0.29, 0.717) is 28.4 Å². The van der Waals surface area contributed by atoms with E-state index in [0.717, 1.165) is 5.56 Å². The number of esters is 1. The summed E-state index contributed by atoms with van der Waals surface area (Å²) < 4.78 is 21.2. The lowest BCUT2D eigenvalue weighted by Gasteiger charge is -2.09. The Morgan fingerprint density at radius 2 is 1.39 bits per heavy atom. The van der Waals surface area contributed by atoms with Crippen molar-refractivity contribution in [2.75, 3.05) is 21.3 Å². The van der Waals surface area contributed by atoms with Crippen LogP contribution in [0.25, 0.3) is 12.2 Å². The summed E-state index contributed by atoms with van der Waals surface area (Å²) in [5.41, 5.74) is 2.00. The van der Waals surface area contributed by atoms with Crippen molar-refractivity contribution >= 4 is 23.9 Å². The highest BCUT2D eigenvalue weighted by molar-refractivity contribution is 6.08. The third kappa shape index (κ3) is 6.33. The van der Waals surface area contributed by atoms with Crippen molar-refractivity contribution in [1.82, 2.24) is 0 Å². The maximum Gasteiger partial charge on any atom is 0.336 e. The number of carbonyl (C=O) groups excluding carboxylic acids is 2. The van der Waals surface area contributed by atoms with Crippen LogP contribution < -0.4 is 18.9 Å². The van der Waals surface area contributed by atoms with Crippen molar-refractivity contribution in [1.29, 1.82) is 0 Å². The Morgan fingerprint density at radius 3 is 2.09 bits per heavy atom. The summed E-state index contributed by atoms with van der Waals surface area (Å²) >= 11 is 0. The van der Waals surface area contributed by atoms with E-state index in [-0.39, 0.29) is 11.5 Å². The lowest BCUT2D eigenvalue weighted by molar-refractivity contribution is -0.129. The van der Waals surface area contributed by atoms with E-state index in [1.165, 1.54) is 26.4 Å². The molecule has 0 aromatic heterocycles. The first-order valence-corrected chi connectivity index (χ1v) is 10.1.